The third-order valence-corrected chi connectivity index (χ3v) is 5.47. The highest BCUT2D eigenvalue weighted by Crippen LogP contribution is 2.37. The van der Waals surface area contributed by atoms with Crippen molar-refractivity contribution in [3.8, 4) is 11.5 Å². The Morgan fingerprint density at radius 1 is 1.17 bits per heavy atom. The number of hydrazine groups is 1. The first-order valence-corrected chi connectivity index (χ1v) is 9.67. The number of rotatable bonds is 6. The Morgan fingerprint density at radius 3 is 2.45 bits per heavy atom. The van der Waals surface area contributed by atoms with Gasteiger partial charge in [0, 0.05) is 0 Å². The summed E-state index contributed by atoms with van der Waals surface area (Å²) in [7, 11) is 2.78. The second-order valence-electron chi connectivity index (χ2n) is 6.07. The van der Waals surface area contributed by atoms with Crippen molar-refractivity contribution in [1.82, 2.24) is 5.01 Å². The predicted molar refractivity (Wildman–Crippen MR) is 116 cm³/mol. The summed E-state index contributed by atoms with van der Waals surface area (Å²) in [5.41, 5.74) is 5.01. The fourth-order valence-electron chi connectivity index (χ4n) is 2.75. The molecule has 0 unspecified atom stereocenters. The number of aryl methyl sites for hydroxylation is 1. The zero-order chi connectivity index (χ0) is 21.1. The second kappa shape index (κ2) is 8.54. The molecule has 7 nitrogen and oxygen atoms in total. The first-order chi connectivity index (χ1) is 13.8. The monoisotopic (exact) mass is 430 g/mol. The van der Waals surface area contributed by atoms with Gasteiger partial charge in [0.15, 0.2) is 15.8 Å². The molecule has 1 saturated heterocycles. The van der Waals surface area contributed by atoms with Crippen LogP contribution in [0, 0.1) is 6.92 Å². The first-order valence-electron chi connectivity index (χ1n) is 8.45. The second-order valence-corrected chi connectivity index (χ2v) is 7.74. The van der Waals surface area contributed by atoms with Crippen LogP contribution in [-0.4, -0.2) is 40.5 Å². The van der Waals surface area contributed by atoms with Gasteiger partial charge >= 0.3 is 5.97 Å². The minimum atomic E-state index is -1.19. The van der Waals surface area contributed by atoms with Crippen molar-refractivity contribution in [1.29, 1.82) is 0 Å². The molecule has 0 saturated carbocycles. The highest BCUT2D eigenvalue weighted by molar-refractivity contribution is 8.26. The number of carboxylic acids is 1. The van der Waals surface area contributed by atoms with E-state index in [-0.39, 0.29) is 23.0 Å². The molecule has 1 heterocycles. The number of nitrogens with one attached hydrogen (secondary N) is 1. The van der Waals surface area contributed by atoms with Crippen LogP contribution >= 0.6 is 24.0 Å². The Balaban J connectivity index is 1.95. The number of carbonyl (C=O) groups is 2. The molecule has 1 aliphatic heterocycles. The zero-order valence-electron chi connectivity index (χ0n) is 15.9. The smallest absolute Gasteiger partial charge is 0.340 e. The number of aromatic carboxylic acids is 1. The largest absolute Gasteiger partial charge is 0.493 e. The topological polar surface area (TPSA) is 88.1 Å². The molecule has 1 aliphatic rings. The number of anilines is 1. The van der Waals surface area contributed by atoms with Crippen molar-refractivity contribution in [2.24, 2.45) is 0 Å². The highest BCUT2D eigenvalue weighted by atomic mass is 32.2. The number of carbonyl (C=O) groups excluding carboxylic acids is 1. The fraction of sp³-hybridized carbons (Fsp3) is 0.150. The molecule has 0 atom stereocenters. The molecule has 1 fully saturated rings. The Hall–Kier alpha value is -3.04. The average Bonchev–Trinajstić information content (AvgIpc) is 2.96. The maximum absolute atomic E-state index is 12.8. The van der Waals surface area contributed by atoms with Crippen LogP contribution in [-0.2, 0) is 4.79 Å². The fourth-order valence-corrected chi connectivity index (χ4v) is 3.92. The number of ether oxygens (including phenoxy) is 2. The Kier molecular flexibility index (Phi) is 6.09. The van der Waals surface area contributed by atoms with Crippen LogP contribution in [0.3, 0.4) is 0 Å². The molecule has 2 N–H and O–H groups in total. The lowest BCUT2D eigenvalue weighted by Crippen LogP contribution is -2.33. The molecular formula is C20H18N2O5S2. The van der Waals surface area contributed by atoms with E-state index in [9.17, 15) is 14.7 Å². The summed E-state index contributed by atoms with van der Waals surface area (Å²) in [5.74, 6) is -1.19. The number of methoxy groups -OCH3 is 2. The van der Waals surface area contributed by atoms with Crippen LogP contribution < -0.4 is 14.9 Å². The molecule has 0 aliphatic carbocycles. The van der Waals surface area contributed by atoms with Crippen molar-refractivity contribution >= 4 is 51.9 Å². The first kappa shape index (κ1) is 20.7. The molecule has 29 heavy (non-hydrogen) atoms. The molecule has 1 amide bonds. The maximum Gasteiger partial charge on any atom is 0.340 e. The van der Waals surface area contributed by atoms with Gasteiger partial charge in [0.05, 0.1) is 24.8 Å². The van der Waals surface area contributed by atoms with Gasteiger partial charge in [-0.2, -0.15) is 0 Å². The van der Waals surface area contributed by atoms with Crippen molar-refractivity contribution < 1.29 is 24.2 Å². The molecule has 0 aromatic heterocycles. The van der Waals surface area contributed by atoms with Crippen LogP contribution in [0.2, 0.25) is 0 Å². The molecule has 2 aromatic rings. The van der Waals surface area contributed by atoms with E-state index >= 15 is 0 Å². The molecule has 0 radical (unpaired) electrons. The van der Waals surface area contributed by atoms with E-state index in [0.29, 0.717) is 20.5 Å². The number of carboxylic acid groups (broad SMARTS) is 1. The molecule has 150 valence electrons. The summed E-state index contributed by atoms with van der Waals surface area (Å²) >= 11 is 6.40. The quantitative estimate of drug-likeness (QED) is 0.526. The maximum atomic E-state index is 12.8. The number of hydrogen-bond acceptors (Lipinski definition) is 7. The molecular weight excluding hydrogens is 412 g/mol. The van der Waals surface area contributed by atoms with Crippen LogP contribution in [0.5, 0.6) is 11.5 Å². The SMILES string of the molecule is COc1ccc(/C=C2/SC(=S)N(Nc3ccc(C)cc3)C2=O)c(C(=O)O)c1OC. The zero-order valence-corrected chi connectivity index (χ0v) is 17.5. The number of nitrogens with zero attached hydrogens (tertiary/aromatic N) is 1. The van der Waals surface area contributed by atoms with Crippen LogP contribution in [0.4, 0.5) is 5.69 Å². The molecule has 9 heteroatoms. The third kappa shape index (κ3) is 4.20. The third-order valence-electron chi connectivity index (χ3n) is 4.16. The normalized spacial score (nSPS) is 15.0. The number of amides is 1. The van der Waals surface area contributed by atoms with E-state index in [4.69, 9.17) is 21.7 Å². The Morgan fingerprint density at radius 2 is 1.86 bits per heavy atom. The summed E-state index contributed by atoms with van der Waals surface area (Å²) in [6.45, 7) is 1.97. The lowest BCUT2D eigenvalue weighted by atomic mass is 10.0. The molecule has 3 rings (SSSR count). The van der Waals surface area contributed by atoms with Crippen molar-refractivity contribution in [3.63, 3.8) is 0 Å². The summed E-state index contributed by atoms with van der Waals surface area (Å²) in [4.78, 5) is 24.9. The lowest BCUT2D eigenvalue weighted by Gasteiger charge is -2.17. The van der Waals surface area contributed by atoms with E-state index in [1.54, 1.807) is 12.1 Å². The van der Waals surface area contributed by atoms with Gasteiger partial charge in [-0.3, -0.25) is 10.2 Å². The van der Waals surface area contributed by atoms with E-state index in [1.165, 1.54) is 25.3 Å². The van der Waals surface area contributed by atoms with Crippen LogP contribution in [0.25, 0.3) is 6.08 Å². The van der Waals surface area contributed by atoms with Gasteiger partial charge in [0.25, 0.3) is 5.91 Å². The summed E-state index contributed by atoms with van der Waals surface area (Å²) in [5, 5.41) is 10.9. The van der Waals surface area contributed by atoms with Gasteiger partial charge in [0.1, 0.15) is 5.56 Å². The van der Waals surface area contributed by atoms with Crippen molar-refractivity contribution in [2.75, 3.05) is 19.6 Å². The number of thiocarbonyl (C=S) groups is 1. The van der Waals surface area contributed by atoms with Gasteiger partial charge in [-0.1, -0.05) is 35.5 Å². The standard InChI is InChI=1S/C20H18N2O5S2/c1-11-4-7-13(8-5-11)21-22-18(23)15(29-20(22)28)10-12-6-9-14(26-2)17(27-3)16(12)19(24)25/h4-10,21H,1-3H3,(H,24,25)/b15-10+. The van der Waals surface area contributed by atoms with E-state index in [2.05, 4.69) is 5.43 Å². The Labute approximate surface area is 177 Å². The lowest BCUT2D eigenvalue weighted by molar-refractivity contribution is -0.121. The summed E-state index contributed by atoms with van der Waals surface area (Å²) in [6, 6.07) is 10.7. The van der Waals surface area contributed by atoms with E-state index in [0.717, 1.165) is 17.3 Å². The van der Waals surface area contributed by atoms with Gasteiger partial charge < -0.3 is 14.6 Å². The number of thioether (sulfide) groups is 1. The van der Waals surface area contributed by atoms with Crippen molar-refractivity contribution in [3.05, 3.63) is 58.0 Å². The molecule has 0 spiro atoms. The van der Waals surface area contributed by atoms with E-state index < -0.39 is 5.97 Å². The van der Waals surface area contributed by atoms with Gasteiger partial charge in [-0.25, -0.2) is 9.80 Å². The minimum absolute atomic E-state index is 0.0852. The van der Waals surface area contributed by atoms with Gasteiger partial charge in [0.2, 0.25) is 0 Å². The highest BCUT2D eigenvalue weighted by Gasteiger charge is 2.33. The predicted octanol–water partition coefficient (Wildman–Crippen LogP) is 3.94. The number of benzene rings is 2. The van der Waals surface area contributed by atoms with Gasteiger partial charge in [-0.15, -0.1) is 0 Å². The Bertz CT molecular complexity index is 1020. The van der Waals surface area contributed by atoms with E-state index in [1.807, 2.05) is 31.2 Å². The minimum Gasteiger partial charge on any atom is -0.493 e. The summed E-state index contributed by atoms with van der Waals surface area (Å²) < 4.78 is 10.7. The number of hydrogen-bond donors (Lipinski definition) is 2. The summed E-state index contributed by atoms with van der Waals surface area (Å²) in [6.07, 6.45) is 1.49. The van der Waals surface area contributed by atoms with Crippen LogP contribution in [0.15, 0.2) is 41.3 Å². The average molecular weight is 431 g/mol. The van der Waals surface area contributed by atoms with Crippen molar-refractivity contribution in [2.45, 2.75) is 6.92 Å². The van der Waals surface area contributed by atoms with Gasteiger partial charge in [-0.05, 0) is 49.0 Å². The molecule has 2 aromatic carbocycles. The van der Waals surface area contributed by atoms with Crippen LogP contribution in [0.1, 0.15) is 21.5 Å². The molecule has 0 bridgehead atoms.